The zero-order chi connectivity index (χ0) is 32.2. The summed E-state index contributed by atoms with van der Waals surface area (Å²) in [6.45, 7) is 2.89. The number of piperidine rings is 1. The number of esters is 1. The molecule has 3 heterocycles. The van der Waals surface area contributed by atoms with E-state index in [0.29, 0.717) is 54.1 Å². The monoisotopic (exact) mass is 622 g/mol. The molecule has 3 atom stereocenters. The fourth-order valence-electron chi connectivity index (χ4n) is 6.48. The first-order chi connectivity index (χ1) is 22.3. The van der Waals surface area contributed by atoms with Gasteiger partial charge < -0.3 is 24.6 Å². The van der Waals surface area contributed by atoms with Crippen LogP contribution >= 0.6 is 0 Å². The van der Waals surface area contributed by atoms with Gasteiger partial charge in [0, 0.05) is 26.6 Å². The van der Waals surface area contributed by atoms with Crippen molar-refractivity contribution in [3.63, 3.8) is 0 Å². The summed E-state index contributed by atoms with van der Waals surface area (Å²) in [5.41, 5.74) is 2.58. The molecule has 0 aromatic heterocycles. The Morgan fingerprint density at radius 2 is 1.67 bits per heavy atom. The molecule has 4 amide bonds. The third-order valence-corrected chi connectivity index (χ3v) is 8.84. The molecule has 3 aromatic rings. The van der Waals surface area contributed by atoms with Crippen molar-refractivity contribution < 1.29 is 28.7 Å². The van der Waals surface area contributed by atoms with Crippen LogP contribution in [0.3, 0.4) is 0 Å². The molecule has 0 radical (unpaired) electrons. The van der Waals surface area contributed by atoms with E-state index in [1.807, 2.05) is 84.9 Å². The summed E-state index contributed by atoms with van der Waals surface area (Å²) in [6, 6.07) is 24.4. The van der Waals surface area contributed by atoms with Crippen molar-refractivity contribution in [3.8, 4) is 11.5 Å². The fourth-order valence-corrected chi connectivity index (χ4v) is 6.48. The molecule has 0 spiro atoms. The highest BCUT2D eigenvalue weighted by Gasteiger charge is 2.47. The van der Waals surface area contributed by atoms with Gasteiger partial charge in [0.05, 0.1) is 36.4 Å². The second kappa shape index (κ2) is 13.5. The number of hydrogen-bond donors (Lipinski definition) is 1. The number of carbonyl (C=O) groups excluding carboxylic acids is 4. The number of nitrogens with zero attached hydrogens (tertiary/aromatic N) is 3. The number of benzene rings is 3. The van der Waals surface area contributed by atoms with Gasteiger partial charge in [-0.15, -0.1) is 0 Å². The quantitative estimate of drug-likeness (QED) is 0.347. The molecule has 3 aliphatic heterocycles. The largest absolute Gasteiger partial charge is 0.466 e. The van der Waals surface area contributed by atoms with E-state index >= 15 is 0 Å². The van der Waals surface area contributed by atoms with Gasteiger partial charge in [-0.1, -0.05) is 60.7 Å². The highest BCUT2D eigenvalue weighted by molar-refractivity contribution is 6.03. The van der Waals surface area contributed by atoms with Gasteiger partial charge in [0.15, 0.2) is 0 Å². The van der Waals surface area contributed by atoms with Crippen molar-refractivity contribution in [3.05, 3.63) is 107 Å². The molecule has 10 nitrogen and oxygen atoms in total. The van der Waals surface area contributed by atoms with Crippen LogP contribution in [0.15, 0.2) is 96.2 Å². The molecule has 1 N–H and O–H groups in total. The lowest BCUT2D eigenvalue weighted by Crippen LogP contribution is -2.54. The molecule has 0 saturated carbocycles. The van der Waals surface area contributed by atoms with E-state index < -0.39 is 18.0 Å². The maximum absolute atomic E-state index is 14.4. The Morgan fingerprint density at radius 1 is 0.957 bits per heavy atom. The Bertz CT molecular complexity index is 1640. The van der Waals surface area contributed by atoms with Gasteiger partial charge in [0.1, 0.15) is 17.5 Å². The van der Waals surface area contributed by atoms with Crippen molar-refractivity contribution in [1.82, 2.24) is 20.0 Å². The van der Waals surface area contributed by atoms with Crippen LogP contribution in [0.5, 0.6) is 11.5 Å². The lowest BCUT2D eigenvalue weighted by molar-refractivity contribution is -0.153. The van der Waals surface area contributed by atoms with Gasteiger partial charge in [0.25, 0.3) is 5.91 Å². The smallest absolute Gasteiger partial charge is 0.322 e. The number of likely N-dealkylation sites (N-methyl/N-ethyl adjacent to an activating group) is 1. The molecule has 1 saturated heterocycles. The third-order valence-electron chi connectivity index (χ3n) is 8.84. The van der Waals surface area contributed by atoms with Crippen molar-refractivity contribution in [2.45, 2.75) is 38.3 Å². The zero-order valence-electron chi connectivity index (χ0n) is 26.1. The van der Waals surface area contributed by atoms with Gasteiger partial charge in [-0.25, -0.2) is 4.79 Å². The van der Waals surface area contributed by atoms with E-state index in [4.69, 9.17) is 9.47 Å². The molecule has 3 aliphatic rings. The topological polar surface area (TPSA) is 108 Å². The number of amides is 4. The van der Waals surface area contributed by atoms with Crippen molar-refractivity contribution in [1.29, 1.82) is 0 Å². The van der Waals surface area contributed by atoms with Crippen molar-refractivity contribution in [2.75, 3.05) is 33.3 Å². The van der Waals surface area contributed by atoms with Crippen molar-refractivity contribution >= 4 is 23.8 Å². The van der Waals surface area contributed by atoms with Gasteiger partial charge in [-0.05, 0) is 55.2 Å². The average Bonchev–Trinajstić information content (AvgIpc) is 3.43. The Hall–Kier alpha value is -5.12. The first-order valence-electron chi connectivity index (χ1n) is 15.7. The first kappa shape index (κ1) is 30.9. The van der Waals surface area contributed by atoms with Crippen LogP contribution in [0.2, 0.25) is 0 Å². The van der Waals surface area contributed by atoms with Crippen LogP contribution in [0.1, 0.15) is 36.9 Å². The SMILES string of the molecule is CCOC(=O)[C@@H]1CCCN(C(=O)[C@@H](Cc2ccccc2)N2CC3=C(C2=O)[C@@H](c2cccc(Oc4ccccc4)c2)NC(=O)N3C)C1. The van der Waals surface area contributed by atoms with Crippen molar-refractivity contribution in [2.24, 2.45) is 5.92 Å². The molecule has 0 unspecified atom stereocenters. The van der Waals surface area contributed by atoms with E-state index in [1.54, 1.807) is 23.8 Å². The molecule has 0 bridgehead atoms. The maximum atomic E-state index is 14.4. The molecule has 10 heteroatoms. The fraction of sp³-hybridized carbons (Fsp3) is 0.333. The van der Waals surface area contributed by atoms with Gasteiger partial charge in [-0.3, -0.25) is 19.3 Å². The Kier molecular flexibility index (Phi) is 9.05. The minimum Gasteiger partial charge on any atom is -0.466 e. The van der Waals surface area contributed by atoms with E-state index in [0.717, 1.165) is 5.56 Å². The number of hydrogen-bond acceptors (Lipinski definition) is 6. The number of urea groups is 1. The molecule has 3 aromatic carbocycles. The molecular formula is C36H38N4O6. The Morgan fingerprint density at radius 3 is 2.41 bits per heavy atom. The normalized spacial score (nSPS) is 20.3. The highest BCUT2D eigenvalue weighted by atomic mass is 16.5. The molecule has 238 valence electrons. The lowest BCUT2D eigenvalue weighted by Gasteiger charge is -2.37. The molecule has 0 aliphatic carbocycles. The summed E-state index contributed by atoms with van der Waals surface area (Å²) in [7, 11) is 1.63. The Balaban J connectivity index is 1.30. The predicted octanol–water partition coefficient (Wildman–Crippen LogP) is 4.68. The molecule has 1 fully saturated rings. The van der Waals surface area contributed by atoms with E-state index in [9.17, 15) is 19.2 Å². The van der Waals surface area contributed by atoms with Crippen LogP contribution in [0, 0.1) is 5.92 Å². The summed E-state index contributed by atoms with van der Waals surface area (Å²) in [4.78, 5) is 59.3. The van der Waals surface area contributed by atoms with Crippen LogP contribution < -0.4 is 10.1 Å². The third kappa shape index (κ3) is 6.33. The molecule has 6 rings (SSSR count). The number of likely N-dealkylation sites (tertiary alicyclic amines) is 1. The summed E-state index contributed by atoms with van der Waals surface area (Å²) in [5.74, 6) is -0.00268. The van der Waals surface area contributed by atoms with Crippen LogP contribution in [-0.4, -0.2) is 77.8 Å². The number of rotatable bonds is 9. The van der Waals surface area contributed by atoms with E-state index in [-0.39, 0.29) is 43.5 Å². The van der Waals surface area contributed by atoms with E-state index in [2.05, 4.69) is 5.32 Å². The average molecular weight is 623 g/mol. The minimum absolute atomic E-state index is 0.104. The predicted molar refractivity (Wildman–Crippen MR) is 171 cm³/mol. The van der Waals surface area contributed by atoms with Crippen LogP contribution in [0.25, 0.3) is 0 Å². The minimum atomic E-state index is -0.835. The number of para-hydroxylation sites is 1. The number of ether oxygens (including phenoxy) is 2. The summed E-state index contributed by atoms with van der Waals surface area (Å²) < 4.78 is 11.3. The second-order valence-electron chi connectivity index (χ2n) is 11.8. The van der Waals surface area contributed by atoms with Gasteiger partial charge in [-0.2, -0.15) is 0 Å². The molecular weight excluding hydrogens is 584 g/mol. The van der Waals surface area contributed by atoms with Gasteiger partial charge >= 0.3 is 12.0 Å². The zero-order valence-corrected chi connectivity index (χ0v) is 26.1. The highest BCUT2D eigenvalue weighted by Crippen LogP contribution is 2.38. The van der Waals surface area contributed by atoms with E-state index in [1.165, 1.54) is 4.90 Å². The first-order valence-corrected chi connectivity index (χ1v) is 15.7. The number of carbonyl (C=O) groups is 4. The Labute approximate surface area is 268 Å². The van der Waals surface area contributed by atoms with Gasteiger partial charge in [0.2, 0.25) is 5.91 Å². The maximum Gasteiger partial charge on any atom is 0.322 e. The summed E-state index contributed by atoms with van der Waals surface area (Å²) in [5, 5.41) is 2.99. The number of nitrogens with one attached hydrogen (secondary N) is 1. The summed E-state index contributed by atoms with van der Waals surface area (Å²) >= 11 is 0. The summed E-state index contributed by atoms with van der Waals surface area (Å²) in [6.07, 6.45) is 1.61. The second-order valence-corrected chi connectivity index (χ2v) is 11.8. The molecule has 46 heavy (non-hydrogen) atoms. The standard InChI is InChI=1S/C36H38N4O6/c1-3-45-35(43)26-15-11-19-39(22-26)33(41)29(20-24-12-6-4-7-13-24)40-23-30-31(34(40)42)32(37-36(44)38(30)2)25-14-10-18-28(21-25)46-27-16-8-5-9-17-27/h4-10,12-14,16-18,21,26,29,32H,3,11,15,19-20,22-23H2,1-2H3,(H,37,44)/t26-,29-,32-/m1/s1. The van der Waals surface area contributed by atoms with Crippen LogP contribution in [0.4, 0.5) is 4.79 Å². The lowest BCUT2D eigenvalue weighted by atomic mass is 9.95. The van der Waals surface area contributed by atoms with Crippen LogP contribution in [-0.2, 0) is 25.5 Å².